The smallest absolute Gasteiger partial charge is 0.430 e. The molecule has 3 rings (SSSR count). The van der Waals surface area contributed by atoms with Crippen molar-refractivity contribution < 1.29 is 49.8 Å². The zero-order valence-corrected chi connectivity index (χ0v) is 19.8. The van der Waals surface area contributed by atoms with E-state index in [-0.39, 0.29) is 50.2 Å². The van der Waals surface area contributed by atoms with Gasteiger partial charge in [0.15, 0.2) is 0 Å². The van der Waals surface area contributed by atoms with E-state index in [1.807, 2.05) is 0 Å². The van der Waals surface area contributed by atoms with Gasteiger partial charge in [-0.1, -0.05) is 18.2 Å². The van der Waals surface area contributed by atoms with Crippen molar-refractivity contribution in [2.75, 3.05) is 41.6 Å². The highest BCUT2D eigenvalue weighted by Crippen LogP contribution is 2.49. The lowest BCUT2D eigenvalue weighted by Crippen LogP contribution is -2.59. The van der Waals surface area contributed by atoms with Gasteiger partial charge in [0.05, 0.1) is 24.5 Å². The summed E-state index contributed by atoms with van der Waals surface area (Å²) >= 11 is 0. The van der Waals surface area contributed by atoms with Crippen molar-refractivity contribution in [1.29, 1.82) is 0 Å². The number of anilines is 2. The van der Waals surface area contributed by atoms with Crippen LogP contribution in [0.4, 0.5) is 42.8 Å². The first-order valence-electron chi connectivity index (χ1n) is 10.4. The predicted molar refractivity (Wildman–Crippen MR) is 117 cm³/mol. The van der Waals surface area contributed by atoms with E-state index in [1.165, 1.54) is 17.0 Å². The summed E-state index contributed by atoms with van der Waals surface area (Å²) in [6, 6.07) is 6.79. The van der Waals surface area contributed by atoms with Gasteiger partial charge in [-0.25, -0.2) is 23.2 Å². The van der Waals surface area contributed by atoms with Crippen LogP contribution in [-0.4, -0.2) is 90.4 Å². The van der Waals surface area contributed by atoms with Crippen LogP contribution in [0.3, 0.4) is 0 Å². The predicted octanol–water partition coefficient (Wildman–Crippen LogP) is 2.42. The lowest BCUT2D eigenvalue weighted by molar-refractivity contribution is -0.376. The van der Waals surface area contributed by atoms with Gasteiger partial charge >= 0.3 is 18.4 Å². The minimum absolute atomic E-state index is 0.0881. The molecule has 1 fully saturated rings. The van der Waals surface area contributed by atoms with Crippen LogP contribution >= 0.6 is 0 Å². The van der Waals surface area contributed by atoms with Crippen LogP contribution in [-0.2, 0) is 15.6 Å². The first kappa shape index (κ1) is 28.2. The van der Waals surface area contributed by atoms with E-state index in [4.69, 9.17) is 0 Å². The molecule has 1 unspecified atom stereocenters. The molecule has 0 radical (unpaired) electrons. The molecule has 0 spiro atoms. The maximum Gasteiger partial charge on any atom is 0.430 e. The average Bonchev–Trinajstić information content (AvgIpc) is 2.80. The van der Waals surface area contributed by atoms with E-state index in [2.05, 4.69) is 9.97 Å². The molecule has 1 aromatic carbocycles. The van der Waals surface area contributed by atoms with Crippen molar-refractivity contribution in [3.05, 3.63) is 48.3 Å². The van der Waals surface area contributed by atoms with Gasteiger partial charge in [0.2, 0.25) is 16.0 Å². The summed E-state index contributed by atoms with van der Waals surface area (Å²) in [5.41, 5.74) is -6.59. The van der Waals surface area contributed by atoms with Gasteiger partial charge in [-0.3, -0.25) is 9.21 Å². The topological polar surface area (TPSA) is 127 Å². The highest BCUT2D eigenvalue weighted by Gasteiger charge is 2.71. The Morgan fingerprint density at radius 2 is 1.59 bits per heavy atom. The number of amides is 1. The third kappa shape index (κ3) is 5.66. The maximum absolute atomic E-state index is 13.1. The molecule has 0 aliphatic carbocycles. The highest BCUT2D eigenvalue weighted by atomic mass is 32.2. The van der Waals surface area contributed by atoms with Gasteiger partial charge in [-0.05, 0) is 12.1 Å². The highest BCUT2D eigenvalue weighted by molar-refractivity contribution is 7.92. The summed E-state index contributed by atoms with van der Waals surface area (Å²) in [5.74, 6) is -0.337. The van der Waals surface area contributed by atoms with Crippen molar-refractivity contribution in [2.24, 2.45) is 0 Å². The van der Waals surface area contributed by atoms with Gasteiger partial charge in [0.25, 0.3) is 5.60 Å². The number of hydrogen-bond donors (Lipinski definition) is 2. The number of sulfonamides is 1. The number of para-hydroxylation sites is 1. The summed E-state index contributed by atoms with van der Waals surface area (Å²) < 4.78 is 105. The third-order valence-corrected chi connectivity index (χ3v) is 6.87. The standard InChI is InChI=1S/C20H21F6N5O5S/c1-37(35,36)31(14-5-3-2-4-6-14)12-15-11-29(7-8-30(15)17(32)33)16-27-9-13(10-28-16)18(34,19(21,22)23)20(24,25)26/h2-6,9-10,15,34H,7-8,11-12H2,1H3,(H,32,33). The second kappa shape index (κ2) is 9.85. The Labute approximate surface area is 206 Å². The fourth-order valence-electron chi connectivity index (χ4n) is 3.82. The normalized spacial score (nSPS) is 17.6. The van der Waals surface area contributed by atoms with Crippen LogP contribution in [0.5, 0.6) is 0 Å². The van der Waals surface area contributed by atoms with E-state index >= 15 is 0 Å². The molecule has 1 atom stereocenters. The molecular formula is C20H21F6N5O5S. The zero-order valence-electron chi connectivity index (χ0n) is 19.0. The lowest BCUT2D eigenvalue weighted by Gasteiger charge is -2.41. The summed E-state index contributed by atoms with van der Waals surface area (Å²) in [4.78, 5) is 21.1. The molecule has 1 amide bonds. The number of piperazine rings is 1. The number of nitrogens with zero attached hydrogens (tertiary/aromatic N) is 5. The van der Waals surface area contributed by atoms with Crippen LogP contribution < -0.4 is 9.21 Å². The molecule has 1 aromatic heterocycles. The molecule has 204 valence electrons. The number of alkyl halides is 6. The number of rotatable bonds is 6. The summed E-state index contributed by atoms with van der Waals surface area (Å²) in [7, 11) is -3.88. The Morgan fingerprint density at radius 3 is 2.05 bits per heavy atom. The van der Waals surface area contributed by atoms with Gasteiger partial charge in [-0.2, -0.15) is 26.3 Å². The minimum atomic E-state index is -6.11. The monoisotopic (exact) mass is 557 g/mol. The van der Waals surface area contributed by atoms with Crippen molar-refractivity contribution in [1.82, 2.24) is 14.9 Å². The molecule has 2 aromatic rings. The summed E-state index contributed by atoms with van der Waals surface area (Å²) in [6.07, 6.45) is -12.3. The molecule has 0 bridgehead atoms. The number of hydrogen-bond acceptors (Lipinski definition) is 7. The average molecular weight is 557 g/mol. The van der Waals surface area contributed by atoms with Crippen LogP contribution in [0.15, 0.2) is 42.7 Å². The first-order valence-corrected chi connectivity index (χ1v) is 12.3. The van der Waals surface area contributed by atoms with Crippen LogP contribution in [0.2, 0.25) is 0 Å². The SMILES string of the molecule is CS(=O)(=O)N(CC1CN(c2ncc(C(O)(C(F)(F)F)C(F)(F)F)cn2)CCN1C(=O)O)c1ccccc1. The van der Waals surface area contributed by atoms with E-state index in [0.29, 0.717) is 0 Å². The molecule has 1 aliphatic heterocycles. The summed E-state index contributed by atoms with van der Waals surface area (Å²) in [6.45, 7) is -0.847. The number of carbonyl (C=O) groups is 1. The Morgan fingerprint density at radius 1 is 1.05 bits per heavy atom. The third-order valence-electron chi connectivity index (χ3n) is 5.71. The van der Waals surface area contributed by atoms with Crippen LogP contribution in [0, 0.1) is 0 Å². The molecule has 37 heavy (non-hydrogen) atoms. The van der Waals surface area contributed by atoms with E-state index in [1.54, 1.807) is 18.2 Å². The van der Waals surface area contributed by atoms with Crippen molar-refractivity contribution >= 4 is 27.8 Å². The molecule has 17 heteroatoms. The van der Waals surface area contributed by atoms with Crippen molar-refractivity contribution in [2.45, 2.75) is 24.0 Å². The number of aromatic nitrogens is 2. The molecular weight excluding hydrogens is 536 g/mol. The molecule has 10 nitrogen and oxygen atoms in total. The first-order chi connectivity index (χ1) is 17.0. The maximum atomic E-state index is 13.1. The quantitative estimate of drug-likeness (QED) is 0.519. The number of aliphatic hydroxyl groups is 1. The molecule has 0 saturated carbocycles. The van der Waals surface area contributed by atoms with Gasteiger partial charge in [-0.15, -0.1) is 0 Å². The lowest BCUT2D eigenvalue weighted by atomic mass is 9.95. The molecule has 1 saturated heterocycles. The second-order valence-corrected chi connectivity index (χ2v) is 10.1. The minimum Gasteiger partial charge on any atom is -0.465 e. The second-order valence-electron chi connectivity index (χ2n) is 8.18. The Kier molecular flexibility index (Phi) is 7.51. The van der Waals surface area contributed by atoms with Gasteiger partial charge < -0.3 is 15.1 Å². The molecule has 2 N–H and O–H groups in total. The van der Waals surface area contributed by atoms with Crippen molar-refractivity contribution in [3.63, 3.8) is 0 Å². The number of benzene rings is 1. The number of carboxylic acid groups (broad SMARTS) is 1. The fourth-order valence-corrected chi connectivity index (χ4v) is 4.77. The molecule has 1 aliphatic rings. The number of halogens is 6. The largest absolute Gasteiger partial charge is 0.465 e. The van der Waals surface area contributed by atoms with E-state index < -0.39 is 45.7 Å². The Hall–Kier alpha value is -3.34. The fraction of sp³-hybridized carbons (Fsp3) is 0.450. The van der Waals surface area contributed by atoms with Crippen molar-refractivity contribution in [3.8, 4) is 0 Å². The Balaban J connectivity index is 1.91. The van der Waals surface area contributed by atoms with Crippen LogP contribution in [0.25, 0.3) is 0 Å². The van der Waals surface area contributed by atoms with E-state index in [0.717, 1.165) is 15.5 Å². The zero-order chi connectivity index (χ0) is 27.8. The van der Waals surface area contributed by atoms with E-state index in [9.17, 15) is 49.8 Å². The summed E-state index contributed by atoms with van der Waals surface area (Å²) in [5, 5.41) is 19.1. The molecule has 2 heterocycles. The van der Waals surface area contributed by atoms with Gasteiger partial charge in [0, 0.05) is 37.6 Å². The Bertz CT molecular complexity index is 1200. The van der Waals surface area contributed by atoms with Crippen LogP contribution in [0.1, 0.15) is 5.56 Å². The van der Waals surface area contributed by atoms with Gasteiger partial charge in [0.1, 0.15) is 0 Å².